The van der Waals surface area contributed by atoms with Gasteiger partial charge >= 0.3 is 5.97 Å². The van der Waals surface area contributed by atoms with E-state index in [1.165, 1.54) is 25.3 Å². The SMILES string of the molecule is COc1cc(O)c(O)c(-c2ccc(C(=O)O)cc2)c1. The van der Waals surface area contributed by atoms with Crippen LogP contribution in [0.15, 0.2) is 36.4 Å². The molecule has 0 fully saturated rings. The number of carboxylic acid groups (broad SMARTS) is 1. The molecule has 2 aromatic rings. The molecule has 0 spiro atoms. The molecular formula is C14H12O5. The van der Waals surface area contributed by atoms with Crippen molar-refractivity contribution in [2.45, 2.75) is 0 Å². The van der Waals surface area contributed by atoms with Gasteiger partial charge in [-0.1, -0.05) is 12.1 Å². The number of hydrogen-bond acceptors (Lipinski definition) is 4. The summed E-state index contributed by atoms with van der Waals surface area (Å²) in [6.45, 7) is 0. The van der Waals surface area contributed by atoms with Crippen molar-refractivity contribution in [3.8, 4) is 28.4 Å². The third kappa shape index (κ3) is 2.44. The van der Waals surface area contributed by atoms with E-state index in [2.05, 4.69) is 0 Å². The molecule has 0 heterocycles. The second kappa shape index (κ2) is 4.89. The molecule has 2 rings (SSSR count). The Morgan fingerprint density at radius 2 is 1.74 bits per heavy atom. The van der Waals surface area contributed by atoms with Crippen LogP contribution in [-0.2, 0) is 0 Å². The summed E-state index contributed by atoms with van der Waals surface area (Å²) in [5, 5.41) is 28.2. The molecule has 0 atom stereocenters. The molecule has 3 N–H and O–H groups in total. The molecule has 0 aliphatic rings. The number of aromatic hydroxyl groups is 2. The largest absolute Gasteiger partial charge is 0.504 e. The molecule has 2 aromatic carbocycles. The van der Waals surface area contributed by atoms with Crippen LogP contribution in [0.2, 0.25) is 0 Å². The van der Waals surface area contributed by atoms with E-state index in [9.17, 15) is 15.0 Å². The number of ether oxygens (including phenoxy) is 1. The summed E-state index contributed by atoms with van der Waals surface area (Å²) in [6, 6.07) is 8.81. The minimum atomic E-state index is -1.02. The summed E-state index contributed by atoms with van der Waals surface area (Å²) < 4.78 is 5.01. The van der Waals surface area contributed by atoms with Gasteiger partial charge in [0.05, 0.1) is 12.7 Å². The van der Waals surface area contributed by atoms with Gasteiger partial charge in [0.25, 0.3) is 0 Å². The molecule has 0 unspecified atom stereocenters. The fourth-order valence-electron chi connectivity index (χ4n) is 1.72. The van der Waals surface area contributed by atoms with E-state index in [1.807, 2.05) is 0 Å². The molecule has 0 saturated heterocycles. The van der Waals surface area contributed by atoms with Gasteiger partial charge in [-0.15, -0.1) is 0 Å². The summed E-state index contributed by atoms with van der Waals surface area (Å²) in [5.74, 6) is -1.20. The number of phenols is 2. The van der Waals surface area contributed by atoms with Crippen molar-refractivity contribution in [2.75, 3.05) is 7.11 Å². The van der Waals surface area contributed by atoms with Crippen molar-refractivity contribution in [3.05, 3.63) is 42.0 Å². The normalized spacial score (nSPS) is 10.2. The molecule has 0 bridgehead atoms. The fourth-order valence-corrected chi connectivity index (χ4v) is 1.72. The van der Waals surface area contributed by atoms with Crippen molar-refractivity contribution >= 4 is 5.97 Å². The number of hydrogen-bond donors (Lipinski definition) is 3. The van der Waals surface area contributed by atoms with Gasteiger partial charge < -0.3 is 20.1 Å². The minimum Gasteiger partial charge on any atom is -0.504 e. The van der Waals surface area contributed by atoms with Gasteiger partial charge in [0, 0.05) is 11.6 Å². The van der Waals surface area contributed by atoms with Gasteiger partial charge in [-0.05, 0) is 23.8 Å². The number of carbonyl (C=O) groups is 1. The smallest absolute Gasteiger partial charge is 0.335 e. The molecule has 5 nitrogen and oxygen atoms in total. The van der Waals surface area contributed by atoms with Gasteiger partial charge in [-0.3, -0.25) is 0 Å². The number of benzene rings is 2. The van der Waals surface area contributed by atoms with E-state index in [0.29, 0.717) is 16.9 Å². The highest BCUT2D eigenvalue weighted by molar-refractivity contribution is 5.88. The standard InChI is InChI=1S/C14H12O5/c1-19-10-6-11(13(16)12(15)7-10)8-2-4-9(5-3-8)14(17)18/h2-7,15-16H,1H3,(H,17,18). The monoisotopic (exact) mass is 260 g/mol. The van der Waals surface area contributed by atoms with E-state index in [0.717, 1.165) is 0 Å². The number of phenolic OH excluding ortho intramolecular Hbond substituents is 2. The van der Waals surface area contributed by atoms with Crippen LogP contribution in [0, 0.1) is 0 Å². The summed E-state index contributed by atoms with van der Waals surface area (Å²) in [5.41, 5.74) is 1.10. The van der Waals surface area contributed by atoms with Crippen molar-refractivity contribution in [2.24, 2.45) is 0 Å². The fraction of sp³-hybridized carbons (Fsp3) is 0.0714. The quantitative estimate of drug-likeness (QED) is 0.738. The van der Waals surface area contributed by atoms with E-state index in [4.69, 9.17) is 9.84 Å². The minimum absolute atomic E-state index is 0.148. The van der Waals surface area contributed by atoms with Crippen LogP contribution in [0.1, 0.15) is 10.4 Å². The molecule has 0 aliphatic heterocycles. The molecule has 0 aromatic heterocycles. The number of carboxylic acids is 1. The highest BCUT2D eigenvalue weighted by Crippen LogP contribution is 2.39. The molecular weight excluding hydrogens is 248 g/mol. The van der Waals surface area contributed by atoms with Crippen LogP contribution in [0.4, 0.5) is 0 Å². The summed E-state index contributed by atoms with van der Waals surface area (Å²) in [4.78, 5) is 10.8. The van der Waals surface area contributed by atoms with Gasteiger partial charge in [-0.2, -0.15) is 0 Å². The van der Waals surface area contributed by atoms with Gasteiger partial charge in [-0.25, -0.2) is 4.79 Å². The lowest BCUT2D eigenvalue weighted by atomic mass is 10.0. The highest BCUT2D eigenvalue weighted by Gasteiger charge is 2.12. The van der Waals surface area contributed by atoms with Gasteiger partial charge in [0.15, 0.2) is 11.5 Å². The van der Waals surface area contributed by atoms with Crippen molar-refractivity contribution in [1.29, 1.82) is 0 Å². The zero-order valence-electron chi connectivity index (χ0n) is 10.1. The van der Waals surface area contributed by atoms with Crippen LogP contribution in [0.5, 0.6) is 17.2 Å². The molecule has 5 heteroatoms. The number of aromatic carboxylic acids is 1. The Balaban J connectivity index is 2.51. The number of rotatable bonds is 3. The van der Waals surface area contributed by atoms with Crippen LogP contribution < -0.4 is 4.74 Å². The van der Waals surface area contributed by atoms with Gasteiger partial charge in [0.2, 0.25) is 0 Å². The van der Waals surface area contributed by atoms with Crippen molar-refractivity contribution in [1.82, 2.24) is 0 Å². The average Bonchev–Trinajstić information content (AvgIpc) is 2.41. The van der Waals surface area contributed by atoms with Crippen LogP contribution in [0.25, 0.3) is 11.1 Å². The zero-order valence-corrected chi connectivity index (χ0v) is 10.1. The van der Waals surface area contributed by atoms with E-state index < -0.39 is 5.97 Å². The lowest BCUT2D eigenvalue weighted by molar-refractivity contribution is 0.0697. The topological polar surface area (TPSA) is 87.0 Å². The van der Waals surface area contributed by atoms with E-state index in [1.54, 1.807) is 18.2 Å². The Morgan fingerprint density at radius 1 is 1.11 bits per heavy atom. The van der Waals surface area contributed by atoms with Crippen LogP contribution in [0.3, 0.4) is 0 Å². The summed E-state index contributed by atoms with van der Waals surface area (Å²) in [6.07, 6.45) is 0. The molecule has 0 saturated carbocycles. The second-order valence-electron chi connectivity index (χ2n) is 3.93. The first kappa shape index (κ1) is 12.8. The van der Waals surface area contributed by atoms with Gasteiger partial charge in [0.1, 0.15) is 5.75 Å². The molecule has 98 valence electrons. The highest BCUT2D eigenvalue weighted by atomic mass is 16.5. The lowest BCUT2D eigenvalue weighted by Gasteiger charge is -2.09. The predicted octanol–water partition coefficient (Wildman–Crippen LogP) is 2.47. The Labute approximate surface area is 109 Å². The Bertz CT molecular complexity index is 616. The molecule has 0 aliphatic carbocycles. The maximum atomic E-state index is 10.8. The molecule has 0 radical (unpaired) electrons. The van der Waals surface area contributed by atoms with Crippen LogP contribution >= 0.6 is 0 Å². The first-order chi connectivity index (χ1) is 9.02. The van der Waals surface area contributed by atoms with Crippen molar-refractivity contribution in [3.63, 3.8) is 0 Å². The third-order valence-corrected chi connectivity index (χ3v) is 2.74. The van der Waals surface area contributed by atoms with Crippen molar-refractivity contribution < 1.29 is 24.9 Å². The lowest BCUT2D eigenvalue weighted by Crippen LogP contribution is -1.95. The van der Waals surface area contributed by atoms with E-state index in [-0.39, 0.29) is 17.1 Å². The second-order valence-corrected chi connectivity index (χ2v) is 3.93. The Morgan fingerprint density at radius 3 is 2.26 bits per heavy atom. The first-order valence-electron chi connectivity index (χ1n) is 5.46. The Hall–Kier alpha value is -2.69. The predicted molar refractivity (Wildman–Crippen MR) is 68.7 cm³/mol. The zero-order chi connectivity index (χ0) is 14.0. The Kier molecular flexibility index (Phi) is 3.29. The third-order valence-electron chi connectivity index (χ3n) is 2.74. The summed E-state index contributed by atoms with van der Waals surface area (Å²) in [7, 11) is 1.45. The first-order valence-corrected chi connectivity index (χ1v) is 5.46. The molecule has 0 amide bonds. The van der Waals surface area contributed by atoms with E-state index >= 15 is 0 Å². The van der Waals surface area contributed by atoms with Crippen LogP contribution in [-0.4, -0.2) is 28.4 Å². The maximum absolute atomic E-state index is 10.8. The maximum Gasteiger partial charge on any atom is 0.335 e. The average molecular weight is 260 g/mol. The summed E-state index contributed by atoms with van der Waals surface area (Å²) >= 11 is 0. The number of methoxy groups -OCH3 is 1. The molecule has 19 heavy (non-hydrogen) atoms.